The molecule has 0 aliphatic heterocycles. The van der Waals surface area contributed by atoms with Crippen LogP contribution in [0.5, 0.6) is 0 Å². The van der Waals surface area contributed by atoms with Gasteiger partial charge in [-0.3, -0.25) is 0 Å². The minimum absolute atomic E-state index is 0.157. The molecule has 4 heteroatoms. The van der Waals surface area contributed by atoms with Crippen LogP contribution in [0, 0.1) is 11.8 Å². The monoisotopic (exact) mass is 299 g/mol. The minimum Gasteiger partial charge on any atom is -0.313 e. The largest absolute Gasteiger partial charge is 0.391 e. The molecule has 1 nitrogen and oxygen atoms in total. The molecule has 118 valence electrons. The van der Waals surface area contributed by atoms with Gasteiger partial charge in [-0.2, -0.15) is 13.2 Å². The van der Waals surface area contributed by atoms with Crippen LogP contribution in [0.3, 0.4) is 0 Å². The molecule has 0 amide bonds. The molecule has 1 aromatic carbocycles. The maximum atomic E-state index is 12.7. The molecule has 1 N–H and O–H groups in total. The van der Waals surface area contributed by atoms with E-state index >= 15 is 0 Å². The first-order valence-electron chi connectivity index (χ1n) is 7.78. The Balaban J connectivity index is 2.02. The van der Waals surface area contributed by atoms with E-state index in [1.807, 2.05) is 7.05 Å². The second kappa shape index (κ2) is 6.82. The lowest BCUT2D eigenvalue weighted by molar-refractivity contribution is -0.184. The molecule has 2 rings (SSSR count). The Morgan fingerprint density at radius 2 is 1.67 bits per heavy atom. The predicted molar refractivity (Wildman–Crippen MR) is 79.1 cm³/mol. The van der Waals surface area contributed by atoms with Gasteiger partial charge in [-0.1, -0.05) is 31.2 Å². The minimum atomic E-state index is -4.02. The van der Waals surface area contributed by atoms with Crippen LogP contribution in [0.2, 0.25) is 0 Å². The number of halogens is 3. The summed E-state index contributed by atoms with van der Waals surface area (Å²) in [5, 5.41) is 3.30. The van der Waals surface area contributed by atoms with E-state index in [1.54, 1.807) is 0 Å². The lowest BCUT2D eigenvalue weighted by Gasteiger charge is -2.34. The zero-order valence-corrected chi connectivity index (χ0v) is 12.7. The van der Waals surface area contributed by atoms with E-state index < -0.39 is 12.1 Å². The number of rotatable bonds is 4. The molecular formula is C17H24F3N. The van der Waals surface area contributed by atoms with Gasteiger partial charge in [0.25, 0.3) is 0 Å². The summed E-state index contributed by atoms with van der Waals surface area (Å²) in [6.45, 7) is 2.11. The zero-order valence-electron chi connectivity index (χ0n) is 12.7. The summed E-state index contributed by atoms with van der Waals surface area (Å²) in [6.07, 6.45) is -1.21. The summed E-state index contributed by atoms with van der Waals surface area (Å²) in [5.41, 5.74) is 2.47. The van der Waals surface area contributed by atoms with Gasteiger partial charge in [-0.15, -0.1) is 0 Å². The van der Waals surface area contributed by atoms with Crippen molar-refractivity contribution in [2.75, 3.05) is 7.05 Å². The van der Waals surface area contributed by atoms with E-state index in [0.29, 0.717) is 18.8 Å². The van der Waals surface area contributed by atoms with Crippen LogP contribution in [-0.2, 0) is 6.42 Å². The summed E-state index contributed by atoms with van der Waals surface area (Å²) in [5.74, 6) is -0.810. The maximum Gasteiger partial charge on any atom is 0.391 e. The summed E-state index contributed by atoms with van der Waals surface area (Å²) in [4.78, 5) is 0. The van der Waals surface area contributed by atoms with Gasteiger partial charge in [0.1, 0.15) is 0 Å². The van der Waals surface area contributed by atoms with Gasteiger partial charge in [0.15, 0.2) is 0 Å². The topological polar surface area (TPSA) is 12.0 Å². The number of benzene rings is 1. The molecule has 1 saturated carbocycles. The number of hydrogen-bond acceptors (Lipinski definition) is 1. The average Bonchev–Trinajstić information content (AvgIpc) is 2.48. The summed E-state index contributed by atoms with van der Waals surface area (Å²) >= 11 is 0. The van der Waals surface area contributed by atoms with E-state index in [0.717, 1.165) is 6.42 Å². The van der Waals surface area contributed by atoms with Gasteiger partial charge in [-0.05, 0) is 56.2 Å². The van der Waals surface area contributed by atoms with Crippen LogP contribution in [-0.4, -0.2) is 13.2 Å². The SMILES string of the molecule is CCc1ccc(C(NC)C2CCC(C(F)(F)F)CC2)cc1. The van der Waals surface area contributed by atoms with Crippen LogP contribution in [0.4, 0.5) is 13.2 Å². The van der Waals surface area contributed by atoms with Gasteiger partial charge in [0, 0.05) is 6.04 Å². The van der Waals surface area contributed by atoms with Crippen molar-refractivity contribution in [2.24, 2.45) is 11.8 Å². The molecule has 1 fully saturated rings. The molecule has 0 spiro atoms. The number of aryl methyl sites for hydroxylation is 1. The van der Waals surface area contributed by atoms with E-state index in [4.69, 9.17) is 0 Å². The average molecular weight is 299 g/mol. The first kappa shape index (κ1) is 16.3. The second-order valence-corrected chi connectivity index (χ2v) is 6.01. The van der Waals surface area contributed by atoms with Crippen LogP contribution < -0.4 is 5.32 Å². The second-order valence-electron chi connectivity index (χ2n) is 6.01. The first-order valence-corrected chi connectivity index (χ1v) is 7.78. The summed E-state index contributed by atoms with van der Waals surface area (Å²) in [6, 6.07) is 8.60. The molecule has 0 bridgehead atoms. The van der Waals surface area contributed by atoms with Crippen molar-refractivity contribution in [2.45, 2.75) is 51.2 Å². The highest BCUT2D eigenvalue weighted by Gasteiger charge is 2.42. The smallest absolute Gasteiger partial charge is 0.313 e. The molecule has 1 aliphatic rings. The Hall–Kier alpha value is -1.03. The van der Waals surface area contributed by atoms with Crippen molar-refractivity contribution in [3.05, 3.63) is 35.4 Å². The van der Waals surface area contributed by atoms with Crippen LogP contribution in [0.25, 0.3) is 0 Å². The third kappa shape index (κ3) is 4.00. The molecule has 1 unspecified atom stereocenters. The van der Waals surface area contributed by atoms with E-state index in [-0.39, 0.29) is 18.9 Å². The summed E-state index contributed by atoms with van der Waals surface area (Å²) < 4.78 is 38.2. The van der Waals surface area contributed by atoms with Gasteiger partial charge >= 0.3 is 6.18 Å². The van der Waals surface area contributed by atoms with Crippen molar-refractivity contribution in [1.29, 1.82) is 0 Å². The molecule has 0 aromatic heterocycles. The highest BCUT2D eigenvalue weighted by Crippen LogP contribution is 2.43. The van der Waals surface area contributed by atoms with Crippen LogP contribution in [0.15, 0.2) is 24.3 Å². The van der Waals surface area contributed by atoms with Gasteiger partial charge in [0.2, 0.25) is 0 Å². The van der Waals surface area contributed by atoms with Crippen LogP contribution >= 0.6 is 0 Å². The van der Waals surface area contributed by atoms with Crippen molar-refractivity contribution >= 4 is 0 Å². The van der Waals surface area contributed by atoms with Gasteiger partial charge in [-0.25, -0.2) is 0 Å². The van der Waals surface area contributed by atoms with Crippen molar-refractivity contribution < 1.29 is 13.2 Å². The Kier molecular flexibility index (Phi) is 5.31. The standard InChI is InChI=1S/C17H24F3N/c1-3-12-4-6-13(7-5-12)16(21-2)14-8-10-15(11-9-14)17(18,19)20/h4-7,14-16,21H,3,8-11H2,1-2H3. The first-order chi connectivity index (χ1) is 9.95. The number of nitrogens with one attached hydrogen (secondary N) is 1. The van der Waals surface area contributed by atoms with Gasteiger partial charge < -0.3 is 5.32 Å². The fourth-order valence-corrected chi connectivity index (χ4v) is 3.42. The Labute approximate surface area is 124 Å². The Bertz CT molecular complexity index is 430. The molecule has 1 aromatic rings. The zero-order chi connectivity index (χ0) is 15.5. The lowest BCUT2D eigenvalue weighted by atomic mass is 9.76. The fourth-order valence-electron chi connectivity index (χ4n) is 3.42. The lowest BCUT2D eigenvalue weighted by Crippen LogP contribution is -2.33. The predicted octanol–water partition coefficient (Wildman–Crippen LogP) is 4.88. The third-order valence-corrected chi connectivity index (χ3v) is 4.76. The summed E-state index contributed by atoms with van der Waals surface area (Å²) in [7, 11) is 1.90. The van der Waals surface area contributed by atoms with Crippen molar-refractivity contribution in [3.63, 3.8) is 0 Å². The molecule has 1 aliphatic carbocycles. The van der Waals surface area contributed by atoms with Crippen molar-refractivity contribution in [1.82, 2.24) is 5.32 Å². The Morgan fingerprint density at radius 3 is 2.10 bits per heavy atom. The fraction of sp³-hybridized carbons (Fsp3) is 0.647. The molecule has 0 heterocycles. The Morgan fingerprint density at radius 1 is 1.10 bits per heavy atom. The quantitative estimate of drug-likeness (QED) is 0.835. The number of hydrogen-bond donors (Lipinski definition) is 1. The third-order valence-electron chi connectivity index (χ3n) is 4.76. The van der Waals surface area contributed by atoms with E-state index in [2.05, 4.69) is 36.5 Å². The molecule has 1 atom stereocenters. The highest BCUT2D eigenvalue weighted by atomic mass is 19.4. The molecular weight excluding hydrogens is 275 g/mol. The number of alkyl halides is 3. The molecule has 0 saturated heterocycles. The highest BCUT2D eigenvalue weighted by molar-refractivity contribution is 5.25. The van der Waals surface area contributed by atoms with Gasteiger partial charge in [0.05, 0.1) is 5.92 Å². The maximum absolute atomic E-state index is 12.7. The van der Waals surface area contributed by atoms with Crippen LogP contribution in [0.1, 0.15) is 49.8 Å². The molecule has 21 heavy (non-hydrogen) atoms. The van der Waals surface area contributed by atoms with E-state index in [1.165, 1.54) is 11.1 Å². The van der Waals surface area contributed by atoms with Crippen molar-refractivity contribution in [3.8, 4) is 0 Å². The molecule has 0 radical (unpaired) electrons. The van der Waals surface area contributed by atoms with E-state index in [9.17, 15) is 13.2 Å². The normalized spacial score (nSPS) is 24.8.